The minimum absolute atomic E-state index is 0.0982. The van der Waals surface area contributed by atoms with Crippen LogP contribution in [0, 0.1) is 20.8 Å². The van der Waals surface area contributed by atoms with Crippen molar-refractivity contribution in [2.75, 3.05) is 0 Å². The fourth-order valence-corrected chi connectivity index (χ4v) is 4.62. The number of aryl methyl sites for hydroxylation is 3. The van der Waals surface area contributed by atoms with E-state index >= 15 is 0 Å². The average Bonchev–Trinajstić information content (AvgIpc) is 3.26. The zero-order valence-electron chi connectivity index (χ0n) is 18.6. The Kier molecular flexibility index (Phi) is 5.56. The number of hydrogen-bond acceptors (Lipinski definition) is 6. The molecule has 0 saturated carbocycles. The van der Waals surface area contributed by atoms with Crippen molar-refractivity contribution in [2.24, 2.45) is 0 Å². The number of fused-ring (bicyclic) bond motifs is 1. The summed E-state index contributed by atoms with van der Waals surface area (Å²) in [5.74, 6) is 1.35. The van der Waals surface area contributed by atoms with E-state index in [0.717, 1.165) is 22.4 Å². The molecule has 2 heterocycles. The number of thioether (sulfide) groups is 1. The summed E-state index contributed by atoms with van der Waals surface area (Å²) < 4.78 is 7.55. The predicted octanol–water partition coefficient (Wildman–Crippen LogP) is 5.65. The van der Waals surface area contributed by atoms with Crippen LogP contribution in [0.3, 0.4) is 0 Å². The van der Waals surface area contributed by atoms with Gasteiger partial charge in [0.25, 0.3) is 5.56 Å². The van der Waals surface area contributed by atoms with E-state index in [4.69, 9.17) is 9.40 Å². The number of para-hydroxylation sites is 1. The normalized spacial score (nSPS) is 11.2. The molecule has 0 fully saturated rings. The molecule has 0 unspecified atom stereocenters. The summed E-state index contributed by atoms with van der Waals surface area (Å²) in [5, 5.41) is 9.54. The molecule has 0 radical (unpaired) electrons. The summed E-state index contributed by atoms with van der Waals surface area (Å²) >= 11 is 1.40. The molecule has 0 atom stereocenters. The molecule has 33 heavy (non-hydrogen) atoms. The largest absolute Gasteiger partial charge is 0.420 e. The van der Waals surface area contributed by atoms with Crippen molar-refractivity contribution in [1.29, 1.82) is 0 Å². The van der Waals surface area contributed by atoms with Gasteiger partial charge in [-0.3, -0.25) is 9.36 Å². The molecule has 5 aromatic rings. The molecule has 0 aliphatic heterocycles. The van der Waals surface area contributed by atoms with Gasteiger partial charge < -0.3 is 4.42 Å². The van der Waals surface area contributed by atoms with Gasteiger partial charge in [-0.2, -0.15) is 0 Å². The van der Waals surface area contributed by atoms with Crippen LogP contribution in [0.25, 0.3) is 28.0 Å². The molecule has 0 saturated heterocycles. The summed E-state index contributed by atoms with van der Waals surface area (Å²) in [6, 6.07) is 21.4. The Hall–Kier alpha value is -3.71. The first-order valence-electron chi connectivity index (χ1n) is 10.6. The Morgan fingerprint density at radius 2 is 1.61 bits per heavy atom. The highest BCUT2D eigenvalue weighted by Gasteiger charge is 2.16. The number of hydrogen-bond donors (Lipinski definition) is 0. The highest BCUT2D eigenvalue weighted by atomic mass is 32.2. The number of rotatable bonds is 5. The molecule has 2 aromatic heterocycles. The molecule has 5 rings (SSSR count). The minimum atomic E-state index is -0.0982. The third-order valence-electron chi connectivity index (χ3n) is 5.30. The van der Waals surface area contributed by atoms with Gasteiger partial charge in [-0.1, -0.05) is 47.7 Å². The molecule has 7 heteroatoms. The lowest BCUT2D eigenvalue weighted by molar-refractivity contribution is 0.528. The van der Waals surface area contributed by atoms with Crippen LogP contribution in [-0.4, -0.2) is 19.7 Å². The molecular formula is C26H22N4O2S. The zero-order valence-corrected chi connectivity index (χ0v) is 19.4. The van der Waals surface area contributed by atoms with Crippen molar-refractivity contribution in [2.45, 2.75) is 31.7 Å². The second-order valence-corrected chi connectivity index (χ2v) is 9.00. The van der Waals surface area contributed by atoms with Gasteiger partial charge in [-0.25, -0.2) is 4.98 Å². The van der Waals surface area contributed by atoms with Gasteiger partial charge >= 0.3 is 0 Å². The van der Waals surface area contributed by atoms with Crippen LogP contribution < -0.4 is 5.56 Å². The van der Waals surface area contributed by atoms with Gasteiger partial charge in [0.15, 0.2) is 5.16 Å². The minimum Gasteiger partial charge on any atom is -0.420 e. The van der Waals surface area contributed by atoms with Crippen molar-refractivity contribution in [3.63, 3.8) is 0 Å². The summed E-state index contributed by atoms with van der Waals surface area (Å²) in [6.45, 7) is 6.08. The van der Waals surface area contributed by atoms with E-state index in [1.54, 1.807) is 4.57 Å². The summed E-state index contributed by atoms with van der Waals surface area (Å²) in [4.78, 5) is 18.3. The Morgan fingerprint density at radius 1 is 0.879 bits per heavy atom. The Bertz CT molecular complexity index is 1500. The molecule has 0 aliphatic carbocycles. The first kappa shape index (κ1) is 21.2. The fraction of sp³-hybridized carbons (Fsp3) is 0.154. The third kappa shape index (κ3) is 4.32. The van der Waals surface area contributed by atoms with Crippen LogP contribution in [-0.2, 0) is 5.75 Å². The van der Waals surface area contributed by atoms with Crippen LogP contribution in [0.4, 0.5) is 0 Å². The molecular weight excluding hydrogens is 432 g/mol. The standard InChI is InChI=1S/C26H22N4O2S/c1-16-8-10-19(11-9-16)24-29-28-23(32-24)15-33-26-27-22-7-5-4-6-21(22)25(31)30(26)20-13-17(2)12-18(3)14-20/h4-14H,15H2,1-3H3. The second kappa shape index (κ2) is 8.67. The summed E-state index contributed by atoms with van der Waals surface area (Å²) in [6.07, 6.45) is 0. The lowest BCUT2D eigenvalue weighted by atomic mass is 10.1. The maximum atomic E-state index is 13.5. The van der Waals surface area contributed by atoms with E-state index in [-0.39, 0.29) is 5.56 Å². The van der Waals surface area contributed by atoms with Gasteiger partial charge in [-0.15, -0.1) is 10.2 Å². The molecule has 0 aliphatic rings. The van der Waals surface area contributed by atoms with Crippen LogP contribution in [0.15, 0.2) is 81.1 Å². The molecule has 164 valence electrons. The molecule has 0 bridgehead atoms. The van der Waals surface area contributed by atoms with E-state index in [2.05, 4.69) is 16.3 Å². The van der Waals surface area contributed by atoms with E-state index < -0.39 is 0 Å². The Labute approximate surface area is 195 Å². The van der Waals surface area contributed by atoms with E-state index in [1.165, 1.54) is 17.3 Å². The highest BCUT2D eigenvalue weighted by molar-refractivity contribution is 7.98. The van der Waals surface area contributed by atoms with E-state index in [0.29, 0.717) is 33.6 Å². The fourth-order valence-electron chi connectivity index (χ4n) is 3.77. The van der Waals surface area contributed by atoms with Crippen molar-refractivity contribution in [3.8, 4) is 17.1 Å². The van der Waals surface area contributed by atoms with Gasteiger partial charge in [0, 0.05) is 5.56 Å². The van der Waals surface area contributed by atoms with Crippen molar-refractivity contribution in [3.05, 3.63) is 99.7 Å². The number of aromatic nitrogens is 4. The average molecular weight is 455 g/mol. The molecule has 0 spiro atoms. The van der Waals surface area contributed by atoms with Gasteiger partial charge in [0.2, 0.25) is 11.8 Å². The summed E-state index contributed by atoms with van der Waals surface area (Å²) in [7, 11) is 0. The van der Waals surface area contributed by atoms with Crippen molar-refractivity contribution < 1.29 is 4.42 Å². The molecule has 3 aromatic carbocycles. The molecule has 0 amide bonds. The Morgan fingerprint density at radius 3 is 2.36 bits per heavy atom. The van der Waals surface area contributed by atoms with E-state index in [9.17, 15) is 4.79 Å². The maximum absolute atomic E-state index is 13.5. The van der Waals surface area contributed by atoms with Crippen LogP contribution in [0.5, 0.6) is 0 Å². The van der Waals surface area contributed by atoms with Gasteiger partial charge in [0.05, 0.1) is 22.3 Å². The van der Waals surface area contributed by atoms with Crippen molar-refractivity contribution in [1.82, 2.24) is 19.7 Å². The van der Waals surface area contributed by atoms with Crippen molar-refractivity contribution >= 4 is 22.7 Å². The molecule has 0 N–H and O–H groups in total. The zero-order chi connectivity index (χ0) is 22.9. The summed E-state index contributed by atoms with van der Waals surface area (Å²) in [5.41, 5.74) is 5.57. The molecule has 6 nitrogen and oxygen atoms in total. The van der Waals surface area contributed by atoms with Crippen LogP contribution in [0.2, 0.25) is 0 Å². The first-order valence-corrected chi connectivity index (χ1v) is 11.6. The lowest BCUT2D eigenvalue weighted by Crippen LogP contribution is -2.22. The monoisotopic (exact) mass is 454 g/mol. The maximum Gasteiger partial charge on any atom is 0.266 e. The van der Waals surface area contributed by atoms with Gasteiger partial charge in [-0.05, 0) is 68.3 Å². The third-order valence-corrected chi connectivity index (χ3v) is 6.22. The number of benzene rings is 3. The Balaban J connectivity index is 1.53. The quantitative estimate of drug-likeness (QED) is 0.252. The highest BCUT2D eigenvalue weighted by Crippen LogP contribution is 2.26. The second-order valence-electron chi connectivity index (χ2n) is 8.05. The lowest BCUT2D eigenvalue weighted by Gasteiger charge is -2.14. The van der Waals surface area contributed by atoms with Gasteiger partial charge in [0.1, 0.15) is 0 Å². The first-order chi connectivity index (χ1) is 16.0. The smallest absolute Gasteiger partial charge is 0.266 e. The topological polar surface area (TPSA) is 73.8 Å². The van der Waals surface area contributed by atoms with Crippen LogP contribution >= 0.6 is 11.8 Å². The van der Waals surface area contributed by atoms with E-state index in [1.807, 2.05) is 81.4 Å². The number of nitrogens with zero attached hydrogens (tertiary/aromatic N) is 4. The SMILES string of the molecule is Cc1ccc(-c2nnc(CSc3nc4ccccc4c(=O)n3-c3cc(C)cc(C)c3)o2)cc1. The van der Waals surface area contributed by atoms with Crippen LogP contribution in [0.1, 0.15) is 22.6 Å². The predicted molar refractivity (Wildman–Crippen MR) is 131 cm³/mol.